The minimum absolute atomic E-state index is 0.185. The van der Waals surface area contributed by atoms with Crippen LogP contribution in [0.5, 0.6) is 0 Å². The number of H-pyrrole nitrogens is 1. The normalized spacial score (nSPS) is 12.6. The minimum Gasteiger partial charge on any atom is -0.306 e. The van der Waals surface area contributed by atoms with Crippen molar-refractivity contribution in [1.82, 2.24) is 15.5 Å². The van der Waals surface area contributed by atoms with Crippen LogP contribution in [0.15, 0.2) is 30.5 Å². The molecule has 1 unspecified atom stereocenters. The van der Waals surface area contributed by atoms with Gasteiger partial charge in [0.15, 0.2) is 0 Å². The monoisotopic (exact) mass is 233 g/mol. The lowest BCUT2D eigenvalue weighted by atomic mass is 10.1. The summed E-state index contributed by atoms with van der Waals surface area (Å²) in [6, 6.07) is 6.75. The van der Waals surface area contributed by atoms with E-state index < -0.39 is 0 Å². The van der Waals surface area contributed by atoms with Crippen LogP contribution >= 0.6 is 0 Å². The summed E-state index contributed by atoms with van der Waals surface area (Å²) in [4.78, 5) is 0. The number of hydrogen-bond acceptors (Lipinski definition) is 2. The number of nitrogens with one attached hydrogen (secondary N) is 2. The van der Waals surface area contributed by atoms with Gasteiger partial charge >= 0.3 is 0 Å². The molecule has 0 aliphatic carbocycles. The molecule has 0 bridgehead atoms. The molecule has 0 radical (unpaired) electrons. The Hall–Kier alpha value is -1.68. The molecule has 17 heavy (non-hydrogen) atoms. The molecule has 0 amide bonds. The van der Waals surface area contributed by atoms with E-state index in [2.05, 4.69) is 22.4 Å². The molecule has 0 spiro atoms. The van der Waals surface area contributed by atoms with Gasteiger partial charge in [-0.1, -0.05) is 12.1 Å². The maximum Gasteiger partial charge on any atom is 0.123 e. The lowest BCUT2D eigenvalue weighted by Gasteiger charge is -2.13. The van der Waals surface area contributed by atoms with Crippen LogP contribution in [0.2, 0.25) is 0 Å². The first-order chi connectivity index (χ1) is 8.16. The molecule has 0 saturated heterocycles. The summed E-state index contributed by atoms with van der Waals surface area (Å²) in [5.41, 5.74) is 3.30. The zero-order valence-corrected chi connectivity index (χ0v) is 10.00. The molecule has 2 N–H and O–H groups in total. The Morgan fingerprint density at radius 2 is 2.06 bits per heavy atom. The van der Waals surface area contributed by atoms with E-state index in [1.807, 2.05) is 13.1 Å². The van der Waals surface area contributed by atoms with Crippen molar-refractivity contribution in [2.45, 2.75) is 26.4 Å². The molecule has 1 aromatic carbocycles. The van der Waals surface area contributed by atoms with Gasteiger partial charge in [-0.05, 0) is 31.5 Å². The van der Waals surface area contributed by atoms with Gasteiger partial charge in [0.1, 0.15) is 5.82 Å². The Morgan fingerprint density at radius 3 is 2.65 bits per heavy atom. The Balaban J connectivity index is 1.95. The van der Waals surface area contributed by atoms with Crippen molar-refractivity contribution >= 4 is 0 Å². The third-order valence-electron chi connectivity index (χ3n) is 2.90. The lowest BCUT2D eigenvalue weighted by Crippen LogP contribution is -2.18. The summed E-state index contributed by atoms with van der Waals surface area (Å²) in [6.45, 7) is 4.80. The van der Waals surface area contributed by atoms with Crippen molar-refractivity contribution in [2.75, 3.05) is 0 Å². The first kappa shape index (κ1) is 11.8. The highest BCUT2D eigenvalue weighted by Crippen LogP contribution is 2.14. The zero-order valence-electron chi connectivity index (χ0n) is 10.00. The van der Waals surface area contributed by atoms with Gasteiger partial charge in [-0.2, -0.15) is 5.10 Å². The van der Waals surface area contributed by atoms with Crippen LogP contribution in [-0.4, -0.2) is 10.2 Å². The summed E-state index contributed by atoms with van der Waals surface area (Å²) in [7, 11) is 0. The molecule has 1 heterocycles. The van der Waals surface area contributed by atoms with E-state index in [0.717, 1.165) is 23.4 Å². The van der Waals surface area contributed by atoms with Crippen LogP contribution in [0.3, 0.4) is 0 Å². The van der Waals surface area contributed by atoms with E-state index in [1.165, 1.54) is 12.1 Å². The fourth-order valence-electron chi connectivity index (χ4n) is 1.69. The highest BCUT2D eigenvalue weighted by atomic mass is 19.1. The van der Waals surface area contributed by atoms with E-state index in [9.17, 15) is 4.39 Å². The number of aromatic amines is 1. The molecular formula is C13H16FN3. The van der Waals surface area contributed by atoms with Crippen LogP contribution in [0, 0.1) is 12.7 Å². The van der Waals surface area contributed by atoms with E-state index >= 15 is 0 Å². The number of aromatic nitrogens is 2. The van der Waals surface area contributed by atoms with Gasteiger partial charge in [0, 0.05) is 23.8 Å². The minimum atomic E-state index is -0.202. The van der Waals surface area contributed by atoms with Gasteiger partial charge < -0.3 is 5.32 Å². The van der Waals surface area contributed by atoms with Crippen molar-refractivity contribution in [1.29, 1.82) is 0 Å². The Bertz CT molecular complexity index is 476. The molecule has 0 aliphatic heterocycles. The smallest absolute Gasteiger partial charge is 0.123 e. The Morgan fingerprint density at radius 1 is 1.35 bits per heavy atom. The number of aryl methyl sites for hydroxylation is 1. The van der Waals surface area contributed by atoms with Gasteiger partial charge in [-0.15, -0.1) is 0 Å². The fraction of sp³-hybridized carbons (Fsp3) is 0.308. The third-order valence-corrected chi connectivity index (χ3v) is 2.90. The largest absolute Gasteiger partial charge is 0.306 e. The molecule has 3 nitrogen and oxygen atoms in total. The summed E-state index contributed by atoms with van der Waals surface area (Å²) in [5.74, 6) is -0.202. The Kier molecular flexibility index (Phi) is 3.54. The van der Waals surface area contributed by atoms with E-state index in [0.29, 0.717) is 0 Å². The molecule has 0 fully saturated rings. The second-order valence-electron chi connectivity index (χ2n) is 4.17. The van der Waals surface area contributed by atoms with Crippen molar-refractivity contribution < 1.29 is 4.39 Å². The predicted octanol–water partition coefficient (Wildman–Crippen LogP) is 2.71. The van der Waals surface area contributed by atoms with Crippen molar-refractivity contribution in [3.8, 4) is 0 Å². The molecule has 2 rings (SSSR count). The molecule has 1 atom stereocenters. The number of rotatable bonds is 4. The van der Waals surface area contributed by atoms with E-state index in [-0.39, 0.29) is 11.9 Å². The van der Waals surface area contributed by atoms with Gasteiger partial charge in [0.05, 0.1) is 6.20 Å². The first-order valence-corrected chi connectivity index (χ1v) is 5.64. The van der Waals surface area contributed by atoms with Crippen LogP contribution in [-0.2, 0) is 6.54 Å². The molecule has 2 aromatic rings. The second kappa shape index (κ2) is 5.10. The third kappa shape index (κ3) is 2.91. The van der Waals surface area contributed by atoms with Crippen molar-refractivity contribution in [3.05, 3.63) is 53.1 Å². The van der Waals surface area contributed by atoms with E-state index in [4.69, 9.17) is 0 Å². The quantitative estimate of drug-likeness (QED) is 0.852. The van der Waals surface area contributed by atoms with Gasteiger partial charge in [-0.3, -0.25) is 5.10 Å². The topological polar surface area (TPSA) is 40.7 Å². The summed E-state index contributed by atoms with van der Waals surface area (Å²) >= 11 is 0. The first-order valence-electron chi connectivity index (χ1n) is 5.64. The predicted molar refractivity (Wildman–Crippen MR) is 65.0 cm³/mol. The number of hydrogen-bond donors (Lipinski definition) is 2. The van der Waals surface area contributed by atoms with Crippen LogP contribution in [0.4, 0.5) is 4.39 Å². The number of halogens is 1. The number of nitrogens with zero attached hydrogens (tertiary/aromatic N) is 1. The van der Waals surface area contributed by atoms with Crippen LogP contribution in [0.1, 0.15) is 29.8 Å². The number of benzene rings is 1. The maximum absolute atomic E-state index is 12.8. The van der Waals surface area contributed by atoms with Gasteiger partial charge in [-0.25, -0.2) is 4.39 Å². The Labute approximate surface area is 100 Å². The standard InChI is InChI=1S/C13H16FN3/c1-9(11-3-5-13(14)6-4-11)15-7-12-8-16-17-10(12)2/h3-6,8-9,15H,7H2,1-2H3,(H,16,17). The lowest BCUT2D eigenvalue weighted by molar-refractivity contribution is 0.570. The van der Waals surface area contributed by atoms with Crippen molar-refractivity contribution in [2.24, 2.45) is 0 Å². The van der Waals surface area contributed by atoms with Crippen LogP contribution < -0.4 is 5.32 Å². The van der Waals surface area contributed by atoms with Gasteiger partial charge in [0.2, 0.25) is 0 Å². The molecule has 90 valence electrons. The molecule has 0 aliphatic rings. The van der Waals surface area contributed by atoms with Gasteiger partial charge in [0.25, 0.3) is 0 Å². The zero-order chi connectivity index (χ0) is 12.3. The highest BCUT2D eigenvalue weighted by Gasteiger charge is 2.06. The SMILES string of the molecule is Cc1[nH]ncc1CNC(C)c1ccc(F)cc1. The average molecular weight is 233 g/mol. The van der Waals surface area contributed by atoms with Crippen LogP contribution in [0.25, 0.3) is 0 Å². The summed E-state index contributed by atoms with van der Waals surface area (Å²) in [6.07, 6.45) is 1.82. The van der Waals surface area contributed by atoms with Crippen molar-refractivity contribution in [3.63, 3.8) is 0 Å². The summed E-state index contributed by atoms with van der Waals surface area (Å²) in [5, 5.41) is 10.2. The molecular weight excluding hydrogens is 217 g/mol. The summed E-state index contributed by atoms with van der Waals surface area (Å²) < 4.78 is 12.8. The highest BCUT2D eigenvalue weighted by molar-refractivity contribution is 5.20. The second-order valence-corrected chi connectivity index (χ2v) is 4.17. The molecule has 0 saturated carbocycles. The molecule has 4 heteroatoms. The fourth-order valence-corrected chi connectivity index (χ4v) is 1.69. The molecule has 1 aromatic heterocycles. The van der Waals surface area contributed by atoms with E-state index in [1.54, 1.807) is 12.1 Å². The average Bonchev–Trinajstić information content (AvgIpc) is 2.73. The maximum atomic E-state index is 12.8.